The molecule has 0 aliphatic rings. The van der Waals surface area contributed by atoms with E-state index in [1.807, 2.05) is 0 Å². The summed E-state index contributed by atoms with van der Waals surface area (Å²) < 4.78 is 5.59. The van der Waals surface area contributed by atoms with E-state index >= 15 is 0 Å². The van der Waals surface area contributed by atoms with Crippen LogP contribution in [-0.2, 0) is 6.61 Å². The fourth-order valence-electron chi connectivity index (χ4n) is 1.36. The third kappa shape index (κ3) is 3.13. The van der Waals surface area contributed by atoms with Crippen LogP contribution in [0.2, 0.25) is 10.0 Å². The van der Waals surface area contributed by atoms with Crippen molar-refractivity contribution in [2.75, 3.05) is 0 Å². The zero-order valence-corrected chi connectivity index (χ0v) is 10.4. The maximum Gasteiger partial charge on any atom is 0.128 e. The lowest BCUT2D eigenvalue weighted by Gasteiger charge is -2.07. The number of hydrogen-bond donors (Lipinski definition) is 1. The summed E-state index contributed by atoms with van der Waals surface area (Å²) in [6.45, 7) is -0.0833. The van der Waals surface area contributed by atoms with E-state index in [0.29, 0.717) is 27.1 Å². The largest absolute Gasteiger partial charge is 0.457 e. The molecule has 17 heavy (non-hydrogen) atoms. The van der Waals surface area contributed by atoms with Gasteiger partial charge in [0.2, 0.25) is 0 Å². The van der Waals surface area contributed by atoms with Crippen molar-refractivity contribution in [1.82, 2.24) is 0 Å². The van der Waals surface area contributed by atoms with Gasteiger partial charge in [0.15, 0.2) is 0 Å². The van der Waals surface area contributed by atoms with Gasteiger partial charge in [0.25, 0.3) is 0 Å². The molecule has 0 aromatic heterocycles. The maximum absolute atomic E-state index is 8.99. The number of halogens is 2. The third-order valence-corrected chi connectivity index (χ3v) is 2.85. The minimum Gasteiger partial charge on any atom is -0.457 e. The zero-order valence-electron chi connectivity index (χ0n) is 8.86. The summed E-state index contributed by atoms with van der Waals surface area (Å²) >= 11 is 11.7. The molecule has 0 saturated carbocycles. The van der Waals surface area contributed by atoms with Gasteiger partial charge in [0.05, 0.1) is 6.61 Å². The predicted molar refractivity (Wildman–Crippen MR) is 68.9 cm³/mol. The molecule has 2 rings (SSSR count). The summed E-state index contributed by atoms with van der Waals surface area (Å²) in [6.07, 6.45) is 0. The number of benzene rings is 2. The van der Waals surface area contributed by atoms with Gasteiger partial charge >= 0.3 is 0 Å². The van der Waals surface area contributed by atoms with Crippen molar-refractivity contribution >= 4 is 23.2 Å². The first-order valence-electron chi connectivity index (χ1n) is 5.02. The van der Waals surface area contributed by atoms with Crippen LogP contribution in [0.5, 0.6) is 11.5 Å². The van der Waals surface area contributed by atoms with E-state index in [2.05, 4.69) is 0 Å². The predicted octanol–water partition coefficient (Wildman–Crippen LogP) is 4.28. The summed E-state index contributed by atoms with van der Waals surface area (Å²) in [5.41, 5.74) is 0.676. The molecule has 0 saturated heterocycles. The van der Waals surface area contributed by atoms with Gasteiger partial charge < -0.3 is 9.84 Å². The van der Waals surface area contributed by atoms with Gasteiger partial charge in [-0.1, -0.05) is 29.3 Å². The van der Waals surface area contributed by atoms with Gasteiger partial charge in [-0.3, -0.25) is 0 Å². The smallest absolute Gasteiger partial charge is 0.128 e. The van der Waals surface area contributed by atoms with E-state index in [4.69, 9.17) is 33.0 Å². The summed E-state index contributed by atoms with van der Waals surface area (Å²) in [4.78, 5) is 0. The number of aliphatic hydroxyl groups is 1. The van der Waals surface area contributed by atoms with Crippen molar-refractivity contribution in [3.05, 3.63) is 58.1 Å². The lowest BCUT2D eigenvalue weighted by Crippen LogP contribution is -1.88. The number of aliphatic hydroxyl groups excluding tert-OH is 1. The van der Waals surface area contributed by atoms with Gasteiger partial charge in [-0.2, -0.15) is 0 Å². The van der Waals surface area contributed by atoms with Crippen molar-refractivity contribution in [1.29, 1.82) is 0 Å². The average molecular weight is 269 g/mol. The van der Waals surface area contributed by atoms with Crippen LogP contribution >= 0.6 is 23.2 Å². The minimum absolute atomic E-state index is 0.0833. The Morgan fingerprint density at radius 3 is 2.18 bits per heavy atom. The second-order valence-corrected chi connectivity index (χ2v) is 4.31. The van der Waals surface area contributed by atoms with E-state index in [0.717, 1.165) is 0 Å². The molecule has 0 aliphatic heterocycles. The molecular weight excluding hydrogens is 259 g/mol. The highest BCUT2D eigenvalue weighted by Crippen LogP contribution is 2.27. The molecule has 4 heteroatoms. The molecule has 88 valence electrons. The van der Waals surface area contributed by atoms with E-state index < -0.39 is 0 Å². The molecule has 0 radical (unpaired) electrons. The Labute approximate surface area is 109 Å². The molecule has 0 atom stereocenters. The quantitative estimate of drug-likeness (QED) is 0.901. The number of hydrogen-bond acceptors (Lipinski definition) is 2. The highest BCUT2D eigenvalue weighted by atomic mass is 35.5. The zero-order chi connectivity index (χ0) is 12.3. The van der Waals surface area contributed by atoms with Crippen molar-refractivity contribution in [3.8, 4) is 11.5 Å². The van der Waals surface area contributed by atoms with Crippen LogP contribution in [-0.4, -0.2) is 5.11 Å². The van der Waals surface area contributed by atoms with Crippen LogP contribution in [0.1, 0.15) is 5.56 Å². The third-order valence-electron chi connectivity index (χ3n) is 2.24. The molecule has 0 fully saturated rings. The Hall–Kier alpha value is -1.22. The molecule has 0 aliphatic carbocycles. The second kappa shape index (κ2) is 5.41. The van der Waals surface area contributed by atoms with Crippen molar-refractivity contribution < 1.29 is 9.84 Å². The van der Waals surface area contributed by atoms with E-state index in [9.17, 15) is 0 Å². The fourth-order valence-corrected chi connectivity index (χ4v) is 1.71. The SMILES string of the molecule is OCc1ccc(Oc2ccc(Cl)cc2)cc1Cl. The minimum atomic E-state index is -0.0833. The molecular formula is C13H10Cl2O2. The molecule has 0 spiro atoms. The van der Waals surface area contributed by atoms with Crippen LogP contribution in [0.3, 0.4) is 0 Å². The van der Waals surface area contributed by atoms with Crippen LogP contribution in [0.4, 0.5) is 0 Å². The van der Waals surface area contributed by atoms with Gasteiger partial charge in [-0.15, -0.1) is 0 Å². The Bertz CT molecular complexity index is 509. The molecule has 2 aromatic rings. The lowest BCUT2D eigenvalue weighted by atomic mass is 10.2. The molecule has 1 N–H and O–H groups in total. The molecule has 0 bridgehead atoms. The number of ether oxygens (including phenoxy) is 1. The second-order valence-electron chi connectivity index (χ2n) is 3.47. The van der Waals surface area contributed by atoms with Gasteiger partial charge in [0.1, 0.15) is 11.5 Å². The van der Waals surface area contributed by atoms with Crippen molar-refractivity contribution in [2.24, 2.45) is 0 Å². The highest BCUT2D eigenvalue weighted by molar-refractivity contribution is 6.31. The maximum atomic E-state index is 8.99. The molecule has 2 nitrogen and oxygen atoms in total. The molecule has 0 heterocycles. The summed E-state index contributed by atoms with van der Waals surface area (Å²) in [5.74, 6) is 1.30. The molecule has 0 amide bonds. The van der Waals surface area contributed by atoms with Gasteiger partial charge in [-0.05, 0) is 42.0 Å². The molecule has 2 aromatic carbocycles. The first-order valence-corrected chi connectivity index (χ1v) is 5.77. The Morgan fingerprint density at radius 1 is 0.941 bits per heavy atom. The standard InChI is InChI=1S/C13H10Cl2O2/c14-10-2-5-11(6-3-10)17-12-4-1-9(8-16)13(15)7-12/h1-7,16H,8H2. The summed E-state index contributed by atoms with van der Waals surface area (Å²) in [5, 5.41) is 10.1. The molecule has 0 unspecified atom stereocenters. The van der Waals surface area contributed by atoms with Crippen molar-refractivity contribution in [3.63, 3.8) is 0 Å². The Balaban J connectivity index is 2.19. The Morgan fingerprint density at radius 2 is 1.59 bits per heavy atom. The normalized spacial score (nSPS) is 10.3. The average Bonchev–Trinajstić information content (AvgIpc) is 2.32. The van der Waals surface area contributed by atoms with E-state index in [1.54, 1.807) is 42.5 Å². The van der Waals surface area contributed by atoms with Crippen molar-refractivity contribution in [2.45, 2.75) is 6.61 Å². The van der Waals surface area contributed by atoms with Crippen LogP contribution in [0.25, 0.3) is 0 Å². The van der Waals surface area contributed by atoms with Gasteiger partial charge in [0, 0.05) is 10.0 Å². The lowest BCUT2D eigenvalue weighted by molar-refractivity contribution is 0.282. The first kappa shape index (κ1) is 12.2. The summed E-state index contributed by atoms with van der Waals surface area (Å²) in [7, 11) is 0. The van der Waals surface area contributed by atoms with Gasteiger partial charge in [-0.25, -0.2) is 0 Å². The van der Waals surface area contributed by atoms with Crippen LogP contribution in [0.15, 0.2) is 42.5 Å². The van der Waals surface area contributed by atoms with E-state index in [1.165, 1.54) is 0 Å². The topological polar surface area (TPSA) is 29.5 Å². The number of rotatable bonds is 3. The first-order chi connectivity index (χ1) is 8.19. The highest BCUT2D eigenvalue weighted by Gasteiger charge is 2.02. The van der Waals surface area contributed by atoms with E-state index in [-0.39, 0.29) is 6.61 Å². The van der Waals surface area contributed by atoms with Crippen LogP contribution in [0, 0.1) is 0 Å². The fraction of sp³-hybridized carbons (Fsp3) is 0.0769. The monoisotopic (exact) mass is 268 g/mol. The summed E-state index contributed by atoms with van der Waals surface area (Å²) in [6, 6.07) is 12.2. The Kier molecular flexibility index (Phi) is 3.89. The van der Waals surface area contributed by atoms with Crippen LogP contribution < -0.4 is 4.74 Å².